The third kappa shape index (κ3) is 1.84. The van der Waals surface area contributed by atoms with Crippen LogP contribution in [-0.2, 0) is 6.54 Å². The minimum absolute atomic E-state index is 0.921. The number of allylic oxidation sites excluding steroid dienone is 1. The van der Waals surface area contributed by atoms with Crippen LogP contribution in [0.3, 0.4) is 0 Å². The fraction of sp³-hybridized carbons (Fsp3) is 0.250. The Balaban J connectivity index is 2.22. The Hall–Kier alpha value is -1.57. The summed E-state index contributed by atoms with van der Waals surface area (Å²) in [6.07, 6.45) is 3.08. The molecule has 1 heterocycles. The van der Waals surface area contributed by atoms with Gasteiger partial charge in [0.15, 0.2) is 0 Å². The second-order valence-corrected chi connectivity index (χ2v) is 3.66. The molecule has 2 nitrogen and oxygen atoms in total. The lowest BCUT2D eigenvalue weighted by Crippen LogP contribution is -1.97. The number of hydrogen-bond acceptors (Lipinski definition) is 1. The first-order valence-corrected chi connectivity index (χ1v) is 4.82. The quantitative estimate of drug-likeness (QED) is 0.674. The molecule has 0 aliphatic rings. The summed E-state index contributed by atoms with van der Waals surface area (Å²) in [4.78, 5) is 0. The summed E-state index contributed by atoms with van der Waals surface area (Å²) in [5.74, 6) is 0. The molecular weight excluding hydrogens is 172 g/mol. The van der Waals surface area contributed by atoms with Crippen molar-refractivity contribution in [3.05, 3.63) is 42.6 Å². The first-order chi connectivity index (χ1) is 6.75. The van der Waals surface area contributed by atoms with Gasteiger partial charge >= 0.3 is 0 Å². The van der Waals surface area contributed by atoms with Crippen LogP contribution in [0.5, 0.6) is 0 Å². The summed E-state index contributed by atoms with van der Waals surface area (Å²) >= 11 is 0. The number of nitrogens with zero attached hydrogens (tertiary/aromatic N) is 2. The van der Waals surface area contributed by atoms with Crippen LogP contribution < -0.4 is 0 Å². The zero-order chi connectivity index (χ0) is 9.97. The van der Waals surface area contributed by atoms with Gasteiger partial charge in [0, 0.05) is 18.1 Å². The highest BCUT2D eigenvalue weighted by molar-refractivity contribution is 5.77. The minimum Gasteiger partial charge on any atom is -0.271 e. The van der Waals surface area contributed by atoms with Gasteiger partial charge in [0.1, 0.15) is 0 Å². The predicted molar refractivity (Wildman–Crippen MR) is 59.2 cm³/mol. The highest BCUT2D eigenvalue weighted by Gasteiger charge is 1.98. The Bertz CT molecular complexity index is 421. The molecule has 2 heteroatoms. The molecule has 14 heavy (non-hydrogen) atoms. The fourth-order valence-corrected chi connectivity index (χ4v) is 1.44. The maximum atomic E-state index is 4.46. The molecule has 0 bridgehead atoms. The summed E-state index contributed by atoms with van der Waals surface area (Å²) in [7, 11) is 0. The van der Waals surface area contributed by atoms with Crippen LogP contribution in [0.1, 0.15) is 13.3 Å². The zero-order valence-electron chi connectivity index (χ0n) is 8.40. The third-order valence-corrected chi connectivity index (χ3v) is 2.23. The van der Waals surface area contributed by atoms with Gasteiger partial charge in [-0.2, -0.15) is 5.10 Å². The number of aryl methyl sites for hydroxylation is 1. The largest absolute Gasteiger partial charge is 0.271 e. The van der Waals surface area contributed by atoms with Gasteiger partial charge in [-0.1, -0.05) is 23.8 Å². The Morgan fingerprint density at radius 1 is 1.43 bits per heavy atom. The van der Waals surface area contributed by atoms with E-state index in [1.54, 1.807) is 0 Å². The maximum absolute atomic E-state index is 4.46. The average molecular weight is 186 g/mol. The normalized spacial score (nSPS) is 10.6. The summed E-state index contributed by atoms with van der Waals surface area (Å²) < 4.78 is 1.99. The molecule has 0 saturated carbocycles. The van der Waals surface area contributed by atoms with Crippen LogP contribution in [0.2, 0.25) is 0 Å². The van der Waals surface area contributed by atoms with E-state index < -0.39 is 0 Å². The van der Waals surface area contributed by atoms with E-state index in [9.17, 15) is 0 Å². The van der Waals surface area contributed by atoms with E-state index in [0.717, 1.165) is 18.5 Å². The monoisotopic (exact) mass is 186 g/mol. The van der Waals surface area contributed by atoms with Crippen LogP contribution in [0.15, 0.2) is 42.6 Å². The van der Waals surface area contributed by atoms with Gasteiger partial charge in [0.25, 0.3) is 0 Å². The van der Waals surface area contributed by atoms with E-state index in [1.807, 2.05) is 29.8 Å². The van der Waals surface area contributed by atoms with Crippen LogP contribution in [0, 0.1) is 0 Å². The van der Waals surface area contributed by atoms with Crippen LogP contribution in [0.4, 0.5) is 0 Å². The number of hydrogen-bond donors (Lipinski definition) is 0. The Labute approximate surface area is 83.9 Å². The molecule has 2 rings (SSSR count). The molecule has 0 amide bonds. The molecular formula is C12H14N2. The average Bonchev–Trinajstić information content (AvgIpc) is 2.57. The van der Waals surface area contributed by atoms with Gasteiger partial charge in [-0.15, -0.1) is 6.58 Å². The van der Waals surface area contributed by atoms with Gasteiger partial charge in [-0.05, 0) is 19.4 Å². The SMILES string of the molecule is C=C(C)CCn1cc2ccccc2n1. The Morgan fingerprint density at radius 3 is 2.93 bits per heavy atom. The van der Waals surface area contributed by atoms with Crippen molar-refractivity contribution in [1.82, 2.24) is 9.78 Å². The predicted octanol–water partition coefficient (Wildman–Crippen LogP) is 3.00. The van der Waals surface area contributed by atoms with Crippen molar-refractivity contribution in [2.24, 2.45) is 0 Å². The molecule has 0 fully saturated rings. The molecule has 1 aromatic heterocycles. The second kappa shape index (κ2) is 3.66. The molecule has 0 aliphatic carbocycles. The summed E-state index contributed by atoms with van der Waals surface area (Å²) in [5, 5.41) is 5.66. The zero-order valence-corrected chi connectivity index (χ0v) is 8.40. The minimum atomic E-state index is 0.921. The van der Waals surface area contributed by atoms with Crippen LogP contribution >= 0.6 is 0 Å². The smallest absolute Gasteiger partial charge is 0.0923 e. The Kier molecular flexibility index (Phi) is 2.35. The third-order valence-electron chi connectivity index (χ3n) is 2.23. The number of aromatic nitrogens is 2. The molecule has 1 aromatic carbocycles. The van der Waals surface area contributed by atoms with Crippen molar-refractivity contribution < 1.29 is 0 Å². The molecule has 2 aromatic rings. The van der Waals surface area contributed by atoms with Crippen molar-refractivity contribution in [1.29, 1.82) is 0 Å². The molecule has 0 N–H and O–H groups in total. The van der Waals surface area contributed by atoms with Gasteiger partial charge in [0.2, 0.25) is 0 Å². The van der Waals surface area contributed by atoms with Crippen molar-refractivity contribution >= 4 is 10.9 Å². The number of rotatable bonds is 3. The second-order valence-electron chi connectivity index (χ2n) is 3.66. The van der Waals surface area contributed by atoms with Crippen LogP contribution in [0.25, 0.3) is 10.9 Å². The summed E-state index contributed by atoms with van der Waals surface area (Å²) in [6.45, 7) is 6.85. The molecule has 0 spiro atoms. The van der Waals surface area contributed by atoms with Gasteiger partial charge < -0.3 is 0 Å². The van der Waals surface area contributed by atoms with Gasteiger partial charge in [-0.25, -0.2) is 0 Å². The van der Waals surface area contributed by atoms with Crippen molar-refractivity contribution in [2.75, 3.05) is 0 Å². The topological polar surface area (TPSA) is 17.8 Å². The summed E-state index contributed by atoms with van der Waals surface area (Å²) in [6, 6.07) is 8.16. The lowest BCUT2D eigenvalue weighted by Gasteiger charge is -1.99. The molecule has 72 valence electrons. The van der Waals surface area contributed by atoms with E-state index in [0.29, 0.717) is 0 Å². The van der Waals surface area contributed by atoms with E-state index in [4.69, 9.17) is 0 Å². The molecule has 0 unspecified atom stereocenters. The summed E-state index contributed by atoms with van der Waals surface area (Å²) in [5.41, 5.74) is 2.26. The van der Waals surface area contributed by atoms with E-state index in [-0.39, 0.29) is 0 Å². The Morgan fingerprint density at radius 2 is 2.21 bits per heavy atom. The highest BCUT2D eigenvalue weighted by atomic mass is 15.3. The van der Waals surface area contributed by atoms with E-state index in [2.05, 4.69) is 23.9 Å². The lowest BCUT2D eigenvalue weighted by molar-refractivity contribution is 0.619. The van der Waals surface area contributed by atoms with Gasteiger partial charge in [-0.3, -0.25) is 4.68 Å². The molecule has 0 aliphatic heterocycles. The number of benzene rings is 1. The fourth-order valence-electron chi connectivity index (χ4n) is 1.44. The standard InChI is InChI=1S/C12H14N2/c1-10(2)7-8-14-9-11-5-3-4-6-12(11)13-14/h3-6,9H,1,7-8H2,2H3. The number of fused-ring (bicyclic) bond motifs is 1. The van der Waals surface area contributed by atoms with E-state index in [1.165, 1.54) is 11.0 Å². The van der Waals surface area contributed by atoms with Gasteiger partial charge in [0.05, 0.1) is 5.52 Å². The van der Waals surface area contributed by atoms with E-state index >= 15 is 0 Å². The molecule has 0 atom stereocenters. The van der Waals surface area contributed by atoms with Crippen molar-refractivity contribution in [2.45, 2.75) is 19.9 Å². The van der Waals surface area contributed by atoms with Crippen molar-refractivity contribution in [3.8, 4) is 0 Å². The first-order valence-electron chi connectivity index (χ1n) is 4.82. The highest BCUT2D eigenvalue weighted by Crippen LogP contribution is 2.11. The van der Waals surface area contributed by atoms with Crippen molar-refractivity contribution in [3.63, 3.8) is 0 Å². The first kappa shape index (κ1) is 9.00. The maximum Gasteiger partial charge on any atom is 0.0923 e. The van der Waals surface area contributed by atoms with Crippen LogP contribution in [-0.4, -0.2) is 9.78 Å². The lowest BCUT2D eigenvalue weighted by atomic mass is 10.2. The molecule has 0 radical (unpaired) electrons. The molecule has 0 saturated heterocycles.